The first-order valence-electron chi connectivity index (χ1n) is 5.64. The van der Waals surface area contributed by atoms with E-state index in [1.807, 2.05) is 0 Å². The lowest BCUT2D eigenvalue weighted by Crippen LogP contribution is -2.06. The van der Waals surface area contributed by atoms with Gasteiger partial charge in [0.2, 0.25) is 0 Å². The summed E-state index contributed by atoms with van der Waals surface area (Å²) in [5, 5.41) is 8.46. The molecule has 0 amide bonds. The second-order valence-corrected chi connectivity index (χ2v) is 4.47. The number of Topliss-reactive ketones (excluding diaryl/α,β-unsaturated/α-hetero) is 1. The van der Waals surface area contributed by atoms with Crippen LogP contribution in [-0.4, -0.2) is 22.2 Å². The summed E-state index contributed by atoms with van der Waals surface area (Å²) in [6.45, 7) is 0. The standard InChI is InChI=1S/C14H10BrF3O3/c15-8-12(19)11(2-1-3-13(20)21)9-4-6-10(7-5-9)14(16,17)18/h1-7H,8H2,(H,20,21)/b3-1+,11-2-. The van der Waals surface area contributed by atoms with Gasteiger partial charge in [-0.2, -0.15) is 13.2 Å². The van der Waals surface area contributed by atoms with Crippen molar-refractivity contribution in [2.75, 3.05) is 5.33 Å². The minimum absolute atomic E-state index is 0.0270. The SMILES string of the molecule is O=C(O)/C=C/C=C(\C(=O)CBr)c1ccc(C(F)(F)F)cc1. The lowest BCUT2D eigenvalue weighted by Gasteiger charge is -2.09. The minimum atomic E-state index is -4.45. The maximum absolute atomic E-state index is 12.5. The average Bonchev–Trinajstić information content (AvgIpc) is 2.42. The van der Waals surface area contributed by atoms with Gasteiger partial charge < -0.3 is 5.11 Å². The van der Waals surface area contributed by atoms with E-state index in [9.17, 15) is 22.8 Å². The van der Waals surface area contributed by atoms with Gasteiger partial charge in [0.1, 0.15) is 0 Å². The molecule has 1 N–H and O–H groups in total. The first-order valence-corrected chi connectivity index (χ1v) is 6.76. The van der Waals surface area contributed by atoms with Gasteiger partial charge in [0.15, 0.2) is 5.78 Å². The van der Waals surface area contributed by atoms with Crippen LogP contribution < -0.4 is 0 Å². The third-order valence-corrected chi connectivity index (χ3v) is 2.96. The highest BCUT2D eigenvalue weighted by Gasteiger charge is 2.30. The van der Waals surface area contributed by atoms with E-state index < -0.39 is 17.7 Å². The van der Waals surface area contributed by atoms with Gasteiger partial charge in [-0.3, -0.25) is 4.79 Å². The zero-order valence-electron chi connectivity index (χ0n) is 10.5. The van der Waals surface area contributed by atoms with Gasteiger partial charge >= 0.3 is 12.1 Å². The van der Waals surface area contributed by atoms with Crippen LogP contribution in [0.3, 0.4) is 0 Å². The third kappa shape index (κ3) is 5.18. The Balaban J connectivity index is 3.16. The van der Waals surface area contributed by atoms with E-state index in [1.165, 1.54) is 18.2 Å². The topological polar surface area (TPSA) is 54.4 Å². The molecule has 0 fully saturated rings. The Morgan fingerprint density at radius 3 is 2.19 bits per heavy atom. The number of alkyl halides is 4. The Morgan fingerprint density at radius 2 is 1.76 bits per heavy atom. The first kappa shape index (κ1) is 17.2. The molecule has 0 radical (unpaired) electrons. The molecule has 0 saturated heterocycles. The van der Waals surface area contributed by atoms with Gasteiger partial charge in [-0.1, -0.05) is 40.2 Å². The summed E-state index contributed by atoms with van der Waals surface area (Å²) < 4.78 is 37.4. The largest absolute Gasteiger partial charge is 0.478 e. The smallest absolute Gasteiger partial charge is 0.416 e. The van der Waals surface area contributed by atoms with E-state index in [0.717, 1.165) is 24.3 Å². The lowest BCUT2D eigenvalue weighted by atomic mass is 10.0. The number of benzene rings is 1. The summed E-state index contributed by atoms with van der Waals surface area (Å²) in [6, 6.07) is 4.07. The van der Waals surface area contributed by atoms with Crippen molar-refractivity contribution in [2.45, 2.75) is 6.18 Å². The monoisotopic (exact) mass is 362 g/mol. The Kier molecular flexibility index (Phi) is 5.90. The molecule has 0 atom stereocenters. The average molecular weight is 363 g/mol. The molecule has 1 aromatic rings. The van der Waals surface area contributed by atoms with Crippen molar-refractivity contribution >= 4 is 33.3 Å². The van der Waals surface area contributed by atoms with Crippen molar-refractivity contribution in [1.29, 1.82) is 0 Å². The molecular formula is C14H10BrF3O3. The Bertz CT molecular complexity index is 586. The predicted molar refractivity (Wildman–Crippen MR) is 75.0 cm³/mol. The van der Waals surface area contributed by atoms with E-state index in [4.69, 9.17) is 5.11 Å². The molecule has 0 saturated carbocycles. The summed E-state index contributed by atoms with van der Waals surface area (Å²) in [5.41, 5.74) is -0.418. The maximum atomic E-state index is 12.5. The van der Waals surface area contributed by atoms with Gasteiger partial charge in [0.05, 0.1) is 10.9 Å². The molecule has 0 aliphatic heterocycles. The van der Waals surface area contributed by atoms with E-state index in [0.29, 0.717) is 0 Å². The molecule has 0 heterocycles. The van der Waals surface area contributed by atoms with Gasteiger partial charge in [-0.25, -0.2) is 4.79 Å². The summed E-state index contributed by atoms with van der Waals surface area (Å²) in [4.78, 5) is 22.1. The van der Waals surface area contributed by atoms with E-state index >= 15 is 0 Å². The molecule has 3 nitrogen and oxygen atoms in total. The fraction of sp³-hybridized carbons (Fsp3) is 0.143. The molecular weight excluding hydrogens is 353 g/mol. The van der Waals surface area contributed by atoms with E-state index in [1.54, 1.807) is 0 Å². The highest BCUT2D eigenvalue weighted by atomic mass is 79.9. The second-order valence-electron chi connectivity index (χ2n) is 3.91. The molecule has 1 rings (SSSR count). The third-order valence-electron chi connectivity index (χ3n) is 2.45. The number of hydrogen-bond acceptors (Lipinski definition) is 2. The van der Waals surface area contributed by atoms with Crippen LogP contribution in [-0.2, 0) is 15.8 Å². The molecule has 0 spiro atoms. The predicted octanol–water partition coefficient (Wildman–Crippen LogP) is 3.69. The van der Waals surface area contributed by atoms with Crippen molar-refractivity contribution in [3.05, 3.63) is 53.6 Å². The minimum Gasteiger partial charge on any atom is -0.478 e. The Morgan fingerprint density at radius 1 is 1.19 bits per heavy atom. The number of carboxylic acids is 1. The van der Waals surface area contributed by atoms with Crippen molar-refractivity contribution < 1.29 is 27.9 Å². The van der Waals surface area contributed by atoms with Crippen molar-refractivity contribution in [2.24, 2.45) is 0 Å². The number of carbonyl (C=O) groups is 2. The number of hydrogen-bond donors (Lipinski definition) is 1. The molecule has 0 bridgehead atoms. The van der Waals surface area contributed by atoms with Gasteiger partial charge in [0.25, 0.3) is 0 Å². The van der Waals surface area contributed by atoms with Gasteiger partial charge in [-0.05, 0) is 17.7 Å². The zero-order chi connectivity index (χ0) is 16.0. The fourth-order valence-electron chi connectivity index (χ4n) is 1.49. The molecule has 7 heteroatoms. The lowest BCUT2D eigenvalue weighted by molar-refractivity contribution is -0.137. The molecule has 21 heavy (non-hydrogen) atoms. The van der Waals surface area contributed by atoms with Gasteiger partial charge in [-0.15, -0.1) is 0 Å². The maximum Gasteiger partial charge on any atom is 0.416 e. The summed E-state index contributed by atoms with van der Waals surface area (Å²) in [5.74, 6) is -1.56. The molecule has 0 aromatic heterocycles. The summed E-state index contributed by atoms with van der Waals surface area (Å²) in [6.07, 6.45) is -1.23. The van der Waals surface area contributed by atoms with E-state index in [2.05, 4.69) is 15.9 Å². The van der Waals surface area contributed by atoms with Crippen LogP contribution in [0.4, 0.5) is 13.2 Å². The molecule has 112 valence electrons. The van der Waals surface area contributed by atoms with Gasteiger partial charge in [0, 0.05) is 11.6 Å². The van der Waals surface area contributed by atoms with E-state index in [-0.39, 0.29) is 22.2 Å². The number of rotatable bonds is 5. The Labute approximate surface area is 126 Å². The van der Waals surface area contributed by atoms with Crippen LogP contribution in [0.15, 0.2) is 42.5 Å². The zero-order valence-corrected chi connectivity index (χ0v) is 12.1. The van der Waals surface area contributed by atoms with Crippen LogP contribution >= 0.6 is 15.9 Å². The fourth-order valence-corrected chi connectivity index (χ4v) is 1.79. The highest BCUT2D eigenvalue weighted by molar-refractivity contribution is 9.09. The number of halogens is 4. The van der Waals surface area contributed by atoms with Crippen LogP contribution in [0.2, 0.25) is 0 Å². The highest BCUT2D eigenvalue weighted by Crippen LogP contribution is 2.30. The molecule has 0 aliphatic rings. The van der Waals surface area contributed by atoms with Crippen LogP contribution in [0.25, 0.3) is 5.57 Å². The summed E-state index contributed by atoms with van der Waals surface area (Å²) in [7, 11) is 0. The Hall–Kier alpha value is -1.89. The molecule has 0 aliphatic carbocycles. The number of carbonyl (C=O) groups excluding carboxylic acids is 1. The second kappa shape index (κ2) is 7.21. The normalized spacial score (nSPS) is 12.7. The van der Waals surface area contributed by atoms with Crippen molar-refractivity contribution in [3.8, 4) is 0 Å². The number of aliphatic carboxylic acids is 1. The van der Waals surface area contributed by atoms with Crippen molar-refractivity contribution in [1.82, 2.24) is 0 Å². The van der Waals surface area contributed by atoms with Crippen molar-refractivity contribution in [3.63, 3.8) is 0 Å². The first-order chi connectivity index (χ1) is 9.75. The summed E-state index contributed by atoms with van der Waals surface area (Å²) >= 11 is 2.97. The number of allylic oxidation sites excluding steroid dienone is 3. The molecule has 1 aromatic carbocycles. The number of ketones is 1. The number of carboxylic acid groups (broad SMARTS) is 1. The molecule has 0 unspecified atom stereocenters. The van der Waals surface area contributed by atoms with Crippen LogP contribution in [0.5, 0.6) is 0 Å². The van der Waals surface area contributed by atoms with Crippen LogP contribution in [0, 0.1) is 0 Å². The quantitative estimate of drug-likeness (QED) is 0.493. The van der Waals surface area contributed by atoms with Crippen LogP contribution in [0.1, 0.15) is 11.1 Å².